The summed E-state index contributed by atoms with van der Waals surface area (Å²) in [6, 6.07) is 0. The molecule has 0 saturated heterocycles. The van der Waals surface area contributed by atoms with E-state index in [0.29, 0.717) is 6.42 Å². The number of carboxylic acid groups (broad SMARTS) is 1. The van der Waals surface area contributed by atoms with Gasteiger partial charge in [-0.2, -0.15) is 0 Å². The smallest absolute Gasteiger partial charge is 0.307 e. The number of hydrogen-bond acceptors (Lipinski definition) is 1. The normalized spacial score (nSPS) is 12.0. The number of carboxylic acids is 1. The molecule has 62 valence electrons. The molecule has 0 aromatic carbocycles. The van der Waals surface area contributed by atoms with E-state index in [-0.39, 0.29) is 11.8 Å². The van der Waals surface area contributed by atoms with Gasteiger partial charge in [-0.15, -0.1) is 11.8 Å². The van der Waals surface area contributed by atoms with Gasteiger partial charge in [0.1, 0.15) is 0 Å². The Morgan fingerprint density at radius 3 is 2.36 bits per heavy atom. The predicted molar refractivity (Wildman–Crippen MR) is 44.0 cm³/mol. The maximum absolute atomic E-state index is 10.6. The van der Waals surface area contributed by atoms with Crippen LogP contribution in [-0.4, -0.2) is 11.1 Å². The van der Waals surface area contributed by atoms with Crippen LogP contribution in [0, 0.1) is 23.7 Å². The zero-order chi connectivity index (χ0) is 8.85. The highest BCUT2D eigenvalue weighted by Gasteiger charge is 2.19. The van der Waals surface area contributed by atoms with Crippen molar-refractivity contribution in [2.75, 3.05) is 0 Å². The van der Waals surface area contributed by atoms with Gasteiger partial charge in [0.25, 0.3) is 0 Å². The number of hydrogen-bond donors (Lipinski definition) is 1. The van der Waals surface area contributed by atoms with E-state index in [9.17, 15) is 4.79 Å². The molecule has 0 radical (unpaired) electrons. The van der Waals surface area contributed by atoms with Crippen molar-refractivity contribution in [1.29, 1.82) is 0 Å². The second kappa shape index (κ2) is 4.79. The van der Waals surface area contributed by atoms with Crippen LogP contribution in [0.25, 0.3) is 0 Å². The molecule has 0 aliphatic carbocycles. The van der Waals surface area contributed by atoms with Gasteiger partial charge in [-0.1, -0.05) is 13.8 Å². The van der Waals surface area contributed by atoms with Gasteiger partial charge in [0.15, 0.2) is 0 Å². The van der Waals surface area contributed by atoms with Gasteiger partial charge in [0.05, 0.1) is 5.92 Å². The van der Waals surface area contributed by atoms with E-state index in [0.717, 1.165) is 0 Å². The molecule has 0 bridgehead atoms. The molecule has 0 heterocycles. The van der Waals surface area contributed by atoms with Crippen LogP contribution < -0.4 is 0 Å². The summed E-state index contributed by atoms with van der Waals surface area (Å²) in [5.41, 5.74) is 0. The molecule has 0 amide bonds. The lowest BCUT2D eigenvalue weighted by atomic mass is 9.93. The second-order valence-corrected chi connectivity index (χ2v) is 2.82. The molecule has 0 fully saturated rings. The van der Waals surface area contributed by atoms with Crippen molar-refractivity contribution in [3.8, 4) is 11.8 Å². The summed E-state index contributed by atoms with van der Waals surface area (Å²) in [6.45, 7) is 5.52. The first-order chi connectivity index (χ1) is 5.09. The van der Waals surface area contributed by atoms with Gasteiger partial charge in [-0.05, 0) is 12.8 Å². The summed E-state index contributed by atoms with van der Waals surface area (Å²) in [4.78, 5) is 10.6. The van der Waals surface area contributed by atoms with Gasteiger partial charge in [0.2, 0.25) is 0 Å². The maximum Gasteiger partial charge on any atom is 0.307 e. The fourth-order valence-electron chi connectivity index (χ4n) is 0.820. The number of aliphatic carboxylic acids is 1. The molecule has 0 saturated carbocycles. The van der Waals surface area contributed by atoms with E-state index in [1.54, 1.807) is 6.92 Å². The van der Waals surface area contributed by atoms with Crippen LogP contribution in [0.15, 0.2) is 0 Å². The summed E-state index contributed by atoms with van der Waals surface area (Å²) in [5.74, 6) is 4.57. The second-order valence-electron chi connectivity index (χ2n) is 2.82. The van der Waals surface area contributed by atoms with Crippen LogP contribution in [-0.2, 0) is 4.79 Å². The Balaban J connectivity index is 4.08. The lowest BCUT2D eigenvalue weighted by Gasteiger charge is -2.11. The third-order valence-electron chi connectivity index (χ3n) is 1.62. The molecule has 11 heavy (non-hydrogen) atoms. The van der Waals surface area contributed by atoms with Crippen molar-refractivity contribution in [1.82, 2.24) is 0 Å². The summed E-state index contributed by atoms with van der Waals surface area (Å²) < 4.78 is 0. The summed E-state index contributed by atoms with van der Waals surface area (Å²) in [5, 5.41) is 8.70. The van der Waals surface area contributed by atoms with Gasteiger partial charge in [0, 0.05) is 6.42 Å². The zero-order valence-corrected chi connectivity index (χ0v) is 7.22. The molecule has 1 atom stereocenters. The largest absolute Gasteiger partial charge is 0.481 e. The summed E-state index contributed by atoms with van der Waals surface area (Å²) >= 11 is 0. The topological polar surface area (TPSA) is 37.3 Å². The molecule has 1 N–H and O–H groups in total. The number of rotatable bonds is 3. The van der Waals surface area contributed by atoms with E-state index in [1.807, 2.05) is 13.8 Å². The average Bonchev–Trinajstić information content (AvgIpc) is 1.87. The fraction of sp³-hybridized carbons (Fsp3) is 0.667. The molecule has 0 aromatic heterocycles. The molecule has 2 heteroatoms. The van der Waals surface area contributed by atoms with Crippen LogP contribution in [0.4, 0.5) is 0 Å². The lowest BCUT2D eigenvalue weighted by molar-refractivity contribution is -0.143. The van der Waals surface area contributed by atoms with Crippen molar-refractivity contribution < 1.29 is 9.90 Å². The van der Waals surface area contributed by atoms with Crippen molar-refractivity contribution in [3.05, 3.63) is 0 Å². The fourth-order valence-corrected chi connectivity index (χ4v) is 0.820. The van der Waals surface area contributed by atoms with Gasteiger partial charge in [-0.3, -0.25) is 4.79 Å². The van der Waals surface area contributed by atoms with Gasteiger partial charge < -0.3 is 5.11 Å². The van der Waals surface area contributed by atoms with Crippen LogP contribution in [0.2, 0.25) is 0 Å². The zero-order valence-electron chi connectivity index (χ0n) is 7.22. The Morgan fingerprint density at radius 2 is 2.09 bits per heavy atom. The Kier molecular flexibility index (Phi) is 4.36. The molecular weight excluding hydrogens is 140 g/mol. The third-order valence-corrected chi connectivity index (χ3v) is 1.62. The van der Waals surface area contributed by atoms with Crippen LogP contribution in [0.3, 0.4) is 0 Å². The third kappa shape index (κ3) is 3.67. The quantitative estimate of drug-likeness (QED) is 0.629. The lowest BCUT2D eigenvalue weighted by Crippen LogP contribution is -2.18. The molecule has 0 spiro atoms. The highest BCUT2D eigenvalue weighted by Crippen LogP contribution is 2.14. The minimum Gasteiger partial charge on any atom is -0.481 e. The van der Waals surface area contributed by atoms with E-state index >= 15 is 0 Å². The van der Waals surface area contributed by atoms with Crippen molar-refractivity contribution in [2.45, 2.75) is 27.2 Å². The van der Waals surface area contributed by atoms with E-state index in [4.69, 9.17) is 5.11 Å². The predicted octanol–water partition coefficient (Wildman–Crippen LogP) is 1.76. The summed E-state index contributed by atoms with van der Waals surface area (Å²) in [6.07, 6.45) is 0.462. The first kappa shape index (κ1) is 10.0. The molecule has 2 nitrogen and oxygen atoms in total. The number of carbonyl (C=O) groups is 1. The maximum atomic E-state index is 10.6. The monoisotopic (exact) mass is 154 g/mol. The Labute approximate surface area is 67.6 Å². The van der Waals surface area contributed by atoms with Crippen LogP contribution in [0.5, 0.6) is 0 Å². The van der Waals surface area contributed by atoms with E-state index in [1.165, 1.54) is 0 Å². The SMILES string of the molecule is CC#CCC(C(=O)O)C(C)C. The molecular formula is C9H14O2. The molecule has 0 aliphatic rings. The minimum absolute atomic E-state index is 0.161. The average molecular weight is 154 g/mol. The first-order valence-corrected chi connectivity index (χ1v) is 3.72. The minimum atomic E-state index is -0.747. The standard InChI is InChI=1S/C9H14O2/c1-4-5-6-8(7(2)3)9(10)11/h7-8H,6H2,1-3H3,(H,10,11). The van der Waals surface area contributed by atoms with Gasteiger partial charge in [-0.25, -0.2) is 0 Å². The Morgan fingerprint density at radius 1 is 1.55 bits per heavy atom. The van der Waals surface area contributed by atoms with Crippen molar-refractivity contribution in [3.63, 3.8) is 0 Å². The highest BCUT2D eigenvalue weighted by atomic mass is 16.4. The van der Waals surface area contributed by atoms with Gasteiger partial charge >= 0.3 is 5.97 Å². The summed E-state index contributed by atoms with van der Waals surface area (Å²) in [7, 11) is 0. The highest BCUT2D eigenvalue weighted by molar-refractivity contribution is 5.70. The molecule has 1 unspecified atom stereocenters. The van der Waals surface area contributed by atoms with Crippen molar-refractivity contribution in [2.24, 2.45) is 11.8 Å². The van der Waals surface area contributed by atoms with Crippen LogP contribution in [0.1, 0.15) is 27.2 Å². The first-order valence-electron chi connectivity index (χ1n) is 3.72. The Hall–Kier alpha value is -0.970. The molecule has 0 aliphatic heterocycles. The van der Waals surface area contributed by atoms with E-state index in [2.05, 4.69) is 11.8 Å². The molecule has 0 rings (SSSR count). The molecule has 0 aromatic rings. The van der Waals surface area contributed by atoms with Crippen molar-refractivity contribution >= 4 is 5.97 Å². The Bertz CT molecular complexity index is 183. The van der Waals surface area contributed by atoms with E-state index < -0.39 is 5.97 Å². The van der Waals surface area contributed by atoms with Crippen LogP contribution >= 0.6 is 0 Å².